The molecule has 0 N–H and O–H groups in total. The number of allylic oxidation sites excluding steroid dienone is 1. The van der Waals surface area contributed by atoms with Gasteiger partial charge in [0.1, 0.15) is 0 Å². The van der Waals surface area contributed by atoms with E-state index in [1.165, 1.54) is 22.5 Å². The number of nitrogens with zero attached hydrogens (tertiary/aromatic N) is 2. The zero-order valence-corrected chi connectivity index (χ0v) is 21.7. The highest BCUT2D eigenvalue weighted by atomic mass is 79.9. The smallest absolute Gasteiger partial charge is 0.271 e. The summed E-state index contributed by atoms with van der Waals surface area (Å²) in [5.74, 6) is 0. The van der Waals surface area contributed by atoms with E-state index in [1.807, 2.05) is 28.8 Å². The van der Waals surface area contributed by atoms with Gasteiger partial charge < -0.3 is 0 Å². The van der Waals surface area contributed by atoms with Gasteiger partial charge in [-0.3, -0.25) is 9.36 Å². The Hall–Kier alpha value is -2.44. The molecule has 0 saturated carbocycles. The van der Waals surface area contributed by atoms with Crippen molar-refractivity contribution in [2.45, 2.75) is 18.9 Å². The fourth-order valence-electron chi connectivity index (χ4n) is 4.73. The van der Waals surface area contributed by atoms with Crippen molar-refractivity contribution in [1.82, 2.24) is 4.57 Å². The zero-order valence-electron chi connectivity index (χ0n) is 17.8. The minimum Gasteiger partial charge on any atom is -0.272 e. The quantitative estimate of drug-likeness (QED) is 0.276. The Morgan fingerprint density at radius 3 is 2.62 bits per heavy atom. The van der Waals surface area contributed by atoms with Crippen LogP contribution in [0.5, 0.6) is 0 Å². The molecule has 2 heterocycles. The summed E-state index contributed by atoms with van der Waals surface area (Å²) in [4.78, 5) is 19.5. The number of hydrogen-bond acceptors (Lipinski definition) is 3. The molecule has 0 saturated heterocycles. The van der Waals surface area contributed by atoms with Crippen molar-refractivity contribution < 1.29 is 0 Å². The number of hydrogen-bond donors (Lipinski definition) is 0. The molecule has 1 aromatic heterocycles. The van der Waals surface area contributed by atoms with Gasteiger partial charge in [0.2, 0.25) is 0 Å². The molecule has 1 atom stereocenters. The fraction of sp³-hybridized carbons (Fsp3) is 0.111. The van der Waals surface area contributed by atoms with Crippen LogP contribution < -0.4 is 14.9 Å². The second kappa shape index (κ2) is 8.65. The highest BCUT2D eigenvalue weighted by molar-refractivity contribution is 9.10. The summed E-state index contributed by atoms with van der Waals surface area (Å²) in [5.41, 5.74) is 6.40. The summed E-state index contributed by atoms with van der Waals surface area (Å²) >= 11 is 17.4. The molecule has 3 nitrogen and oxygen atoms in total. The maximum absolute atomic E-state index is 13.7. The lowest BCUT2D eigenvalue weighted by Crippen LogP contribution is -2.38. The molecular formula is C27H17BrCl2N2OS. The molecule has 0 unspecified atom stereocenters. The monoisotopic (exact) mass is 566 g/mol. The largest absolute Gasteiger partial charge is 0.272 e. The van der Waals surface area contributed by atoms with Gasteiger partial charge in [0.25, 0.3) is 5.56 Å². The maximum atomic E-state index is 13.7. The van der Waals surface area contributed by atoms with Gasteiger partial charge in [0.05, 0.1) is 16.3 Å². The van der Waals surface area contributed by atoms with Crippen LogP contribution in [0.1, 0.15) is 34.7 Å². The Morgan fingerprint density at radius 1 is 1.03 bits per heavy atom. The molecule has 7 heteroatoms. The van der Waals surface area contributed by atoms with Crippen molar-refractivity contribution in [2.75, 3.05) is 0 Å². The number of aromatic nitrogens is 1. The molecular weight excluding hydrogens is 551 g/mol. The molecule has 2 aliphatic rings. The molecule has 1 aliphatic carbocycles. The first kappa shape index (κ1) is 22.1. The summed E-state index contributed by atoms with van der Waals surface area (Å²) in [6, 6.07) is 21.7. The number of fused-ring (bicyclic) bond motifs is 3. The summed E-state index contributed by atoms with van der Waals surface area (Å²) in [7, 11) is 0. The van der Waals surface area contributed by atoms with E-state index in [1.54, 1.807) is 12.1 Å². The SMILES string of the molecule is O=c1/c(=C/c2ccc(Cl)cc2Cl)sc2n1[C@@H](c1ccc(Br)cc1)C1=C(N=2)c2ccccc2CC1. The third-order valence-corrected chi connectivity index (χ3v) is 8.38. The first-order valence-electron chi connectivity index (χ1n) is 10.8. The van der Waals surface area contributed by atoms with Crippen molar-refractivity contribution in [2.24, 2.45) is 4.99 Å². The minimum absolute atomic E-state index is 0.0619. The van der Waals surface area contributed by atoms with E-state index in [9.17, 15) is 4.79 Å². The highest BCUT2D eigenvalue weighted by Gasteiger charge is 2.32. The third kappa shape index (κ3) is 3.72. The molecule has 0 spiro atoms. The lowest BCUT2D eigenvalue weighted by molar-refractivity contribution is 0.585. The lowest BCUT2D eigenvalue weighted by Gasteiger charge is -2.30. The summed E-state index contributed by atoms with van der Waals surface area (Å²) in [5, 5.41) is 1.07. The van der Waals surface area contributed by atoms with Crippen LogP contribution >= 0.6 is 50.5 Å². The van der Waals surface area contributed by atoms with E-state index < -0.39 is 0 Å². The predicted molar refractivity (Wildman–Crippen MR) is 143 cm³/mol. The van der Waals surface area contributed by atoms with Gasteiger partial charge in [-0.05, 0) is 65.4 Å². The van der Waals surface area contributed by atoms with E-state index in [-0.39, 0.29) is 11.6 Å². The van der Waals surface area contributed by atoms with Crippen LogP contribution in [0.15, 0.2) is 86.6 Å². The van der Waals surface area contributed by atoms with Gasteiger partial charge in [0.15, 0.2) is 4.80 Å². The van der Waals surface area contributed by atoms with E-state index in [0.717, 1.165) is 39.7 Å². The number of benzene rings is 3. The van der Waals surface area contributed by atoms with Crippen molar-refractivity contribution >= 4 is 62.2 Å². The van der Waals surface area contributed by atoms with Crippen LogP contribution in [0, 0.1) is 0 Å². The lowest BCUT2D eigenvalue weighted by atomic mass is 9.83. The number of aryl methyl sites for hydroxylation is 1. The molecule has 1 aliphatic heterocycles. The first-order valence-corrected chi connectivity index (χ1v) is 13.2. The van der Waals surface area contributed by atoms with Crippen molar-refractivity contribution in [3.05, 3.63) is 129 Å². The third-order valence-electron chi connectivity index (χ3n) is 6.31. The first-order chi connectivity index (χ1) is 16.5. The standard InChI is InChI=1S/C27H17BrCl2N2OS/c28-18-9-5-16(6-10-18)25-21-12-8-15-3-1-2-4-20(15)24(21)31-27-32(25)26(33)23(34-27)13-17-7-11-19(29)14-22(17)30/h1-7,9-11,13-14,25H,8,12H2/b23-13-/t25-/m0/s1. The average molecular weight is 568 g/mol. The second-order valence-corrected chi connectivity index (χ2v) is 11.1. The molecule has 0 bridgehead atoms. The Kier molecular flexibility index (Phi) is 5.61. The van der Waals surface area contributed by atoms with Gasteiger partial charge in [-0.25, -0.2) is 4.99 Å². The molecule has 3 aromatic carbocycles. The number of thiazole rings is 1. The van der Waals surface area contributed by atoms with Crippen LogP contribution in [-0.2, 0) is 6.42 Å². The molecule has 0 radical (unpaired) electrons. The minimum atomic E-state index is -0.199. The van der Waals surface area contributed by atoms with E-state index in [2.05, 4.69) is 52.3 Å². The maximum Gasteiger partial charge on any atom is 0.271 e. The Morgan fingerprint density at radius 2 is 1.82 bits per heavy atom. The van der Waals surface area contributed by atoms with E-state index in [0.29, 0.717) is 19.4 Å². The molecule has 0 amide bonds. The Bertz CT molecular complexity index is 1670. The highest BCUT2D eigenvalue weighted by Crippen LogP contribution is 2.41. The molecule has 168 valence electrons. The summed E-state index contributed by atoms with van der Waals surface area (Å²) in [6.07, 6.45) is 3.63. The molecule has 6 rings (SSSR count). The average Bonchev–Trinajstić information content (AvgIpc) is 3.15. The van der Waals surface area contributed by atoms with E-state index >= 15 is 0 Å². The summed E-state index contributed by atoms with van der Waals surface area (Å²) in [6.45, 7) is 0. The Labute approximate surface area is 218 Å². The van der Waals surface area contributed by atoms with Gasteiger partial charge in [-0.15, -0.1) is 0 Å². The molecule has 4 aromatic rings. The topological polar surface area (TPSA) is 34.4 Å². The number of halogens is 3. The van der Waals surface area contributed by atoms with Crippen LogP contribution in [0.4, 0.5) is 0 Å². The number of rotatable bonds is 2. The van der Waals surface area contributed by atoms with Crippen LogP contribution in [0.3, 0.4) is 0 Å². The van der Waals surface area contributed by atoms with Gasteiger partial charge in [-0.2, -0.15) is 0 Å². The van der Waals surface area contributed by atoms with Crippen molar-refractivity contribution in [3.63, 3.8) is 0 Å². The predicted octanol–water partition coefficient (Wildman–Crippen LogP) is 6.39. The van der Waals surface area contributed by atoms with Gasteiger partial charge in [0, 0.05) is 20.1 Å². The fourth-order valence-corrected chi connectivity index (χ4v) is 6.45. The van der Waals surface area contributed by atoms with E-state index in [4.69, 9.17) is 28.2 Å². The van der Waals surface area contributed by atoms with Crippen LogP contribution in [-0.4, -0.2) is 4.57 Å². The van der Waals surface area contributed by atoms with Crippen molar-refractivity contribution in [3.8, 4) is 0 Å². The zero-order chi connectivity index (χ0) is 23.4. The van der Waals surface area contributed by atoms with Gasteiger partial charge in [-0.1, -0.05) is 92.9 Å². The van der Waals surface area contributed by atoms with Crippen LogP contribution in [0.25, 0.3) is 11.8 Å². The molecule has 34 heavy (non-hydrogen) atoms. The second-order valence-electron chi connectivity index (χ2n) is 8.33. The van der Waals surface area contributed by atoms with Crippen LogP contribution in [0.2, 0.25) is 10.0 Å². The molecule has 0 fully saturated rings. The Balaban J connectivity index is 1.63. The van der Waals surface area contributed by atoms with Crippen molar-refractivity contribution in [1.29, 1.82) is 0 Å². The normalized spacial score (nSPS) is 17.1. The van der Waals surface area contributed by atoms with Gasteiger partial charge >= 0.3 is 0 Å². The summed E-state index contributed by atoms with van der Waals surface area (Å²) < 4.78 is 3.44.